The van der Waals surface area contributed by atoms with E-state index in [0.717, 1.165) is 5.56 Å². The van der Waals surface area contributed by atoms with Gasteiger partial charge in [-0.1, -0.05) is 18.2 Å². The third kappa shape index (κ3) is 4.04. The van der Waals surface area contributed by atoms with E-state index in [2.05, 4.69) is 0 Å². The summed E-state index contributed by atoms with van der Waals surface area (Å²) >= 11 is 0. The van der Waals surface area contributed by atoms with Crippen molar-refractivity contribution in [3.05, 3.63) is 42.1 Å². The first-order valence-corrected chi connectivity index (χ1v) is 4.81. The quantitative estimate of drug-likeness (QED) is 0.737. The van der Waals surface area contributed by atoms with Gasteiger partial charge in [0.25, 0.3) is 0 Å². The molecule has 81 valence electrons. The summed E-state index contributed by atoms with van der Waals surface area (Å²) in [5.41, 5.74) is 7.22. The van der Waals surface area contributed by atoms with Gasteiger partial charge >= 0.3 is 0 Å². The molecule has 0 amide bonds. The van der Waals surface area contributed by atoms with Crippen molar-refractivity contribution in [1.82, 2.24) is 0 Å². The molecule has 0 atom stereocenters. The number of nitrogens with two attached hydrogens (primary N) is 1. The molecule has 1 aromatic rings. The van der Waals surface area contributed by atoms with Crippen LogP contribution in [0, 0.1) is 6.54 Å². The summed E-state index contributed by atoms with van der Waals surface area (Å²) in [6.07, 6.45) is 1.76. The monoisotopic (exact) mass is 206 g/mol. The molecule has 0 aliphatic rings. The normalized spacial score (nSPS) is 12.9. The topological polar surface area (TPSA) is 46.2 Å². The SMILES string of the molecule is C[N+](C)(C)[CH]C(N)=Cc1ccccc1O. The van der Waals surface area contributed by atoms with Crippen molar-refractivity contribution in [3.8, 4) is 5.75 Å². The predicted molar refractivity (Wildman–Crippen MR) is 62.6 cm³/mol. The molecule has 1 rings (SSSR count). The smallest absolute Gasteiger partial charge is 0.187 e. The lowest BCUT2D eigenvalue weighted by Gasteiger charge is -2.22. The highest BCUT2D eigenvalue weighted by Crippen LogP contribution is 2.19. The van der Waals surface area contributed by atoms with Gasteiger partial charge in [-0.05, 0) is 12.1 Å². The molecule has 15 heavy (non-hydrogen) atoms. The molecule has 0 aliphatic heterocycles. The van der Waals surface area contributed by atoms with Gasteiger partial charge in [-0.15, -0.1) is 0 Å². The van der Waals surface area contributed by atoms with Gasteiger partial charge in [-0.3, -0.25) is 0 Å². The van der Waals surface area contributed by atoms with E-state index in [-0.39, 0.29) is 5.75 Å². The highest BCUT2D eigenvalue weighted by Gasteiger charge is 2.10. The second-order valence-corrected chi connectivity index (χ2v) is 4.45. The number of hydrogen-bond acceptors (Lipinski definition) is 2. The summed E-state index contributed by atoms with van der Waals surface area (Å²) in [5.74, 6) is 0.246. The van der Waals surface area contributed by atoms with Crippen LogP contribution in [0.3, 0.4) is 0 Å². The first-order valence-electron chi connectivity index (χ1n) is 4.81. The Bertz CT molecular complexity index is 364. The fourth-order valence-electron chi connectivity index (χ4n) is 1.27. The highest BCUT2D eigenvalue weighted by atomic mass is 16.3. The van der Waals surface area contributed by atoms with Gasteiger partial charge in [0.15, 0.2) is 6.54 Å². The van der Waals surface area contributed by atoms with Gasteiger partial charge in [0.1, 0.15) is 5.75 Å². The van der Waals surface area contributed by atoms with Crippen LogP contribution < -0.4 is 5.73 Å². The molecular weight excluding hydrogens is 188 g/mol. The Morgan fingerprint density at radius 1 is 1.27 bits per heavy atom. The van der Waals surface area contributed by atoms with Crippen molar-refractivity contribution in [2.24, 2.45) is 5.73 Å². The zero-order chi connectivity index (χ0) is 11.5. The molecule has 0 aromatic heterocycles. The van der Waals surface area contributed by atoms with E-state index < -0.39 is 0 Å². The number of hydrogen-bond donors (Lipinski definition) is 2. The number of benzene rings is 1. The molecule has 3 heteroatoms. The summed E-state index contributed by atoms with van der Waals surface area (Å²) in [6, 6.07) is 7.12. The number of phenolic OH excluding ortho intramolecular Hbond substituents is 1. The van der Waals surface area contributed by atoms with Gasteiger partial charge < -0.3 is 15.3 Å². The van der Waals surface area contributed by atoms with Crippen molar-refractivity contribution >= 4 is 6.08 Å². The Balaban J connectivity index is 2.84. The first kappa shape index (κ1) is 11.6. The van der Waals surface area contributed by atoms with Crippen molar-refractivity contribution in [2.45, 2.75) is 0 Å². The molecular formula is C12H18N2O+. The molecule has 0 fully saturated rings. The van der Waals surface area contributed by atoms with Gasteiger partial charge in [0.05, 0.1) is 26.8 Å². The second-order valence-electron chi connectivity index (χ2n) is 4.45. The van der Waals surface area contributed by atoms with E-state index in [0.29, 0.717) is 10.2 Å². The van der Waals surface area contributed by atoms with Crippen LogP contribution in [0.15, 0.2) is 30.0 Å². The van der Waals surface area contributed by atoms with E-state index in [1.54, 1.807) is 18.2 Å². The zero-order valence-corrected chi connectivity index (χ0v) is 9.44. The van der Waals surface area contributed by atoms with Crippen LogP contribution in [-0.4, -0.2) is 30.7 Å². The molecule has 0 heterocycles. The first-order chi connectivity index (χ1) is 6.88. The summed E-state index contributed by atoms with van der Waals surface area (Å²) in [6.45, 7) is 1.91. The Kier molecular flexibility index (Phi) is 3.37. The van der Waals surface area contributed by atoms with Crippen LogP contribution in [0.2, 0.25) is 0 Å². The maximum atomic E-state index is 9.54. The van der Waals surface area contributed by atoms with Gasteiger partial charge in [-0.25, -0.2) is 0 Å². The Labute approximate surface area is 91.0 Å². The van der Waals surface area contributed by atoms with Crippen LogP contribution in [-0.2, 0) is 0 Å². The minimum absolute atomic E-state index is 0.246. The average Bonchev–Trinajstić information content (AvgIpc) is 2.05. The molecule has 0 saturated carbocycles. The average molecular weight is 206 g/mol. The van der Waals surface area contributed by atoms with Crippen LogP contribution in [0.25, 0.3) is 6.08 Å². The Hall–Kier alpha value is -1.48. The third-order valence-electron chi connectivity index (χ3n) is 1.80. The van der Waals surface area contributed by atoms with Crippen LogP contribution in [0.4, 0.5) is 0 Å². The van der Waals surface area contributed by atoms with E-state index in [9.17, 15) is 5.11 Å². The fourth-order valence-corrected chi connectivity index (χ4v) is 1.27. The summed E-state index contributed by atoms with van der Waals surface area (Å²) < 4.78 is 0.649. The zero-order valence-electron chi connectivity index (χ0n) is 9.44. The second kappa shape index (κ2) is 4.36. The molecule has 3 N–H and O–H groups in total. The standard InChI is InChI=1S/C12H18N2O/c1-14(2,3)9-11(13)8-10-6-4-5-7-12(10)15/h4-9,15H,13H2,1-3H3/q+1. The maximum absolute atomic E-state index is 9.54. The number of phenols is 1. The Morgan fingerprint density at radius 3 is 2.40 bits per heavy atom. The Morgan fingerprint density at radius 2 is 1.87 bits per heavy atom. The minimum atomic E-state index is 0.246. The number of rotatable bonds is 3. The number of para-hydroxylation sites is 1. The molecule has 0 bridgehead atoms. The van der Waals surface area contributed by atoms with Gasteiger partial charge in [-0.2, -0.15) is 0 Å². The maximum Gasteiger partial charge on any atom is 0.187 e. The summed E-state index contributed by atoms with van der Waals surface area (Å²) in [7, 11) is 6.06. The largest absolute Gasteiger partial charge is 0.507 e. The lowest BCUT2D eigenvalue weighted by molar-refractivity contribution is -0.836. The van der Waals surface area contributed by atoms with Crippen LogP contribution in [0.5, 0.6) is 5.75 Å². The molecule has 1 aromatic carbocycles. The van der Waals surface area contributed by atoms with E-state index in [1.165, 1.54) is 0 Å². The summed E-state index contributed by atoms with van der Waals surface area (Å²) in [5, 5.41) is 9.54. The van der Waals surface area contributed by atoms with Crippen molar-refractivity contribution in [1.29, 1.82) is 0 Å². The predicted octanol–water partition coefficient (Wildman–Crippen LogP) is 1.56. The van der Waals surface area contributed by atoms with E-state index >= 15 is 0 Å². The van der Waals surface area contributed by atoms with E-state index in [4.69, 9.17) is 5.73 Å². The summed E-state index contributed by atoms with van der Waals surface area (Å²) in [4.78, 5) is 0. The number of nitrogens with zero attached hydrogens (tertiary/aromatic N) is 1. The molecule has 0 unspecified atom stereocenters. The van der Waals surface area contributed by atoms with Crippen molar-refractivity contribution < 1.29 is 9.59 Å². The lowest BCUT2D eigenvalue weighted by atomic mass is 10.1. The third-order valence-corrected chi connectivity index (χ3v) is 1.80. The van der Waals surface area contributed by atoms with E-state index in [1.807, 2.05) is 39.8 Å². The van der Waals surface area contributed by atoms with Crippen molar-refractivity contribution in [2.75, 3.05) is 21.1 Å². The van der Waals surface area contributed by atoms with Crippen molar-refractivity contribution in [3.63, 3.8) is 0 Å². The molecule has 0 aliphatic carbocycles. The number of likely N-dealkylation sites (N-methyl/N-ethyl adjacent to an activating group) is 1. The lowest BCUT2D eigenvalue weighted by Crippen LogP contribution is -2.33. The van der Waals surface area contributed by atoms with Gasteiger partial charge in [0.2, 0.25) is 0 Å². The molecule has 1 radical (unpaired) electrons. The number of aromatic hydroxyl groups is 1. The number of quaternary nitrogens is 1. The molecule has 3 nitrogen and oxygen atoms in total. The van der Waals surface area contributed by atoms with Crippen LogP contribution in [0.1, 0.15) is 5.56 Å². The highest BCUT2D eigenvalue weighted by molar-refractivity contribution is 5.59. The van der Waals surface area contributed by atoms with Gasteiger partial charge in [0, 0.05) is 5.56 Å². The molecule has 0 saturated heterocycles. The molecule has 0 spiro atoms. The fraction of sp³-hybridized carbons (Fsp3) is 0.250. The van der Waals surface area contributed by atoms with Crippen LogP contribution >= 0.6 is 0 Å². The minimum Gasteiger partial charge on any atom is -0.507 e.